The van der Waals surface area contributed by atoms with E-state index in [2.05, 4.69) is 74.9 Å². The summed E-state index contributed by atoms with van der Waals surface area (Å²) in [5.41, 5.74) is 1.41. The second kappa shape index (κ2) is 6.65. The lowest BCUT2D eigenvalue weighted by atomic mass is 10.1. The average Bonchev–Trinajstić information content (AvgIpc) is 3.04. The molecule has 0 heterocycles. The van der Waals surface area contributed by atoms with Gasteiger partial charge in [0.25, 0.3) is 0 Å². The largest absolute Gasteiger partial charge is 0.353 e. The fraction of sp³-hybridized carbons (Fsp3) is 0.471. The van der Waals surface area contributed by atoms with Crippen LogP contribution in [0.15, 0.2) is 45.9 Å². The van der Waals surface area contributed by atoms with Crippen molar-refractivity contribution in [1.82, 2.24) is 10.6 Å². The summed E-state index contributed by atoms with van der Waals surface area (Å²) in [5.74, 6) is 1.58. The number of aliphatic imine (C=N–C) groups is 1. The molecule has 2 aliphatic rings. The van der Waals surface area contributed by atoms with E-state index in [1.807, 2.05) is 0 Å². The minimum absolute atomic E-state index is 0.507. The van der Waals surface area contributed by atoms with Crippen LogP contribution in [0.3, 0.4) is 0 Å². The monoisotopic (exact) mass is 347 g/mol. The molecular weight excluding hydrogens is 326 g/mol. The van der Waals surface area contributed by atoms with E-state index in [1.165, 1.54) is 12.0 Å². The Hall–Kier alpha value is -1.29. The van der Waals surface area contributed by atoms with Crippen LogP contribution in [-0.2, 0) is 0 Å². The summed E-state index contributed by atoms with van der Waals surface area (Å²) in [6.07, 6.45) is 7.87. The van der Waals surface area contributed by atoms with Crippen molar-refractivity contribution in [1.29, 1.82) is 0 Å². The van der Waals surface area contributed by atoms with E-state index >= 15 is 0 Å². The number of benzene rings is 1. The first-order valence-corrected chi connectivity index (χ1v) is 8.53. The maximum absolute atomic E-state index is 4.57. The number of nitrogens with zero attached hydrogens (tertiary/aromatic N) is 1. The van der Waals surface area contributed by atoms with Crippen molar-refractivity contribution < 1.29 is 0 Å². The first-order valence-electron chi connectivity index (χ1n) is 7.74. The van der Waals surface area contributed by atoms with Gasteiger partial charge in [0.2, 0.25) is 0 Å². The Labute approximate surface area is 135 Å². The van der Waals surface area contributed by atoms with Crippen LogP contribution < -0.4 is 10.6 Å². The third-order valence-electron chi connectivity index (χ3n) is 4.08. The molecule has 1 aromatic rings. The van der Waals surface area contributed by atoms with E-state index in [1.54, 1.807) is 0 Å². The lowest BCUT2D eigenvalue weighted by molar-refractivity contribution is 0.629. The van der Waals surface area contributed by atoms with Gasteiger partial charge in [-0.05, 0) is 43.9 Å². The number of hydrogen-bond acceptors (Lipinski definition) is 1. The molecule has 1 saturated carbocycles. The van der Waals surface area contributed by atoms with Crippen molar-refractivity contribution in [2.45, 2.75) is 44.2 Å². The molecule has 0 spiro atoms. The summed E-state index contributed by atoms with van der Waals surface area (Å²) in [7, 11) is 0. The molecule has 3 nitrogen and oxygen atoms in total. The topological polar surface area (TPSA) is 36.4 Å². The SMILES string of the molecule is CCN=C(NC1CC=CC1)NC1CC1c1ccc(Br)cc1. The second-order valence-electron chi connectivity index (χ2n) is 5.75. The van der Waals surface area contributed by atoms with Gasteiger partial charge in [0.15, 0.2) is 5.96 Å². The van der Waals surface area contributed by atoms with Crippen molar-refractivity contribution >= 4 is 21.9 Å². The molecule has 3 rings (SSSR count). The highest BCUT2D eigenvalue weighted by molar-refractivity contribution is 9.10. The molecule has 1 aromatic carbocycles. The van der Waals surface area contributed by atoms with Gasteiger partial charge < -0.3 is 10.6 Å². The number of rotatable bonds is 4. The maximum Gasteiger partial charge on any atom is 0.191 e. The third-order valence-corrected chi connectivity index (χ3v) is 4.60. The fourth-order valence-corrected chi connectivity index (χ4v) is 3.09. The molecule has 2 N–H and O–H groups in total. The normalized spacial score (nSPS) is 25.1. The Balaban J connectivity index is 1.55. The standard InChI is InChI=1S/C17H22BrN3/c1-2-19-17(20-14-5-3-4-6-14)21-16-11-15(16)12-7-9-13(18)10-8-12/h3-4,7-10,14-16H,2,5-6,11H2,1H3,(H2,19,20,21). The van der Waals surface area contributed by atoms with Crippen LogP contribution in [0.25, 0.3) is 0 Å². The molecule has 2 aliphatic carbocycles. The summed E-state index contributed by atoms with van der Waals surface area (Å²) in [6, 6.07) is 9.68. The second-order valence-corrected chi connectivity index (χ2v) is 6.67. The molecule has 112 valence electrons. The zero-order valence-corrected chi connectivity index (χ0v) is 13.9. The Morgan fingerprint density at radius 2 is 1.90 bits per heavy atom. The highest BCUT2D eigenvalue weighted by Crippen LogP contribution is 2.41. The van der Waals surface area contributed by atoms with Crippen molar-refractivity contribution in [2.24, 2.45) is 4.99 Å². The van der Waals surface area contributed by atoms with E-state index < -0.39 is 0 Å². The maximum atomic E-state index is 4.57. The number of hydrogen-bond donors (Lipinski definition) is 2. The minimum Gasteiger partial charge on any atom is -0.353 e. The van der Waals surface area contributed by atoms with Gasteiger partial charge in [-0.3, -0.25) is 4.99 Å². The number of nitrogens with one attached hydrogen (secondary N) is 2. The van der Waals surface area contributed by atoms with Crippen LogP contribution in [0.2, 0.25) is 0 Å². The molecule has 0 saturated heterocycles. The molecule has 0 aliphatic heterocycles. The van der Waals surface area contributed by atoms with Gasteiger partial charge in [-0.25, -0.2) is 0 Å². The Morgan fingerprint density at radius 3 is 2.57 bits per heavy atom. The van der Waals surface area contributed by atoms with Crippen LogP contribution in [-0.4, -0.2) is 24.6 Å². The highest BCUT2D eigenvalue weighted by Gasteiger charge is 2.39. The van der Waals surface area contributed by atoms with E-state index in [9.17, 15) is 0 Å². The van der Waals surface area contributed by atoms with Crippen LogP contribution in [0.5, 0.6) is 0 Å². The quantitative estimate of drug-likeness (QED) is 0.496. The van der Waals surface area contributed by atoms with Gasteiger partial charge in [-0.15, -0.1) is 0 Å². The smallest absolute Gasteiger partial charge is 0.191 e. The molecule has 2 atom stereocenters. The predicted octanol–water partition coefficient (Wildman–Crippen LogP) is 3.58. The molecule has 4 heteroatoms. The molecule has 0 bridgehead atoms. The zero-order chi connectivity index (χ0) is 14.7. The Bertz CT molecular complexity index is 527. The Morgan fingerprint density at radius 1 is 1.19 bits per heavy atom. The molecule has 21 heavy (non-hydrogen) atoms. The summed E-state index contributed by atoms with van der Waals surface area (Å²) < 4.78 is 1.14. The van der Waals surface area contributed by atoms with E-state index in [4.69, 9.17) is 0 Å². The van der Waals surface area contributed by atoms with Gasteiger partial charge in [-0.2, -0.15) is 0 Å². The first-order chi connectivity index (χ1) is 10.3. The van der Waals surface area contributed by atoms with Crippen LogP contribution >= 0.6 is 15.9 Å². The number of halogens is 1. The van der Waals surface area contributed by atoms with E-state index in [0.717, 1.165) is 29.8 Å². The summed E-state index contributed by atoms with van der Waals surface area (Å²) in [4.78, 5) is 4.57. The molecule has 1 fully saturated rings. The predicted molar refractivity (Wildman–Crippen MR) is 91.7 cm³/mol. The molecule has 0 aromatic heterocycles. The van der Waals surface area contributed by atoms with Crippen LogP contribution in [0.1, 0.15) is 37.7 Å². The third kappa shape index (κ3) is 3.88. The number of guanidine groups is 1. The van der Waals surface area contributed by atoms with Crippen molar-refractivity contribution in [3.63, 3.8) is 0 Å². The summed E-state index contributed by atoms with van der Waals surface area (Å²) >= 11 is 3.49. The van der Waals surface area contributed by atoms with Crippen LogP contribution in [0, 0.1) is 0 Å². The Kier molecular flexibility index (Phi) is 4.63. The fourth-order valence-electron chi connectivity index (χ4n) is 2.83. The van der Waals surface area contributed by atoms with Crippen molar-refractivity contribution in [3.05, 3.63) is 46.5 Å². The molecule has 0 amide bonds. The zero-order valence-electron chi connectivity index (χ0n) is 12.3. The van der Waals surface area contributed by atoms with Gasteiger partial charge in [0.1, 0.15) is 0 Å². The van der Waals surface area contributed by atoms with Crippen molar-refractivity contribution in [2.75, 3.05) is 6.54 Å². The molecule has 2 unspecified atom stereocenters. The van der Waals surface area contributed by atoms with E-state index in [0.29, 0.717) is 18.0 Å². The van der Waals surface area contributed by atoms with Crippen molar-refractivity contribution in [3.8, 4) is 0 Å². The molecule has 0 radical (unpaired) electrons. The first kappa shape index (κ1) is 14.6. The minimum atomic E-state index is 0.507. The lowest BCUT2D eigenvalue weighted by Crippen LogP contribution is -2.43. The van der Waals surface area contributed by atoms with Gasteiger partial charge in [0, 0.05) is 29.0 Å². The average molecular weight is 348 g/mol. The van der Waals surface area contributed by atoms with Gasteiger partial charge in [-0.1, -0.05) is 40.2 Å². The van der Waals surface area contributed by atoms with Gasteiger partial charge >= 0.3 is 0 Å². The summed E-state index contributed by atoms with van der Waals surface area (Å²) in [6.45, 7) is 2.89. The highest BCUT2D eigenvalue weighted by atomic mass is 79.9. The van der Waals surface area contributed by atoms with Gasteiger partial charge in [0.05, 0.1) is 0 Å². The van der Waals surface area contributed by atoms with Crippen LogP contribution in [0.4, 0.5) is 0 Å². The molecular formula is C17H22BrN3. The van der Waals surface area contributed by atoms with E-state index in [-0.39, 0.29) is 0 Å². The lowest BCUT2D eigenvalue weighted by Gasteiger charge is -2.17. The summed E-state index contributed by atoms with van der Waals surface area (Å²) in [5, 5.41) is 7.12.